The number of anilines is 1. The quantitative estimate of drug-likeness (QED) is 0.892. The van der Waals surface area contributed by atoms with Crippen LogP contribution in [0.5, 0.6) is 0 Å². The van der Waals surface area contributed by atoms with Crippen molar-refractivity contribution in [1.82, 2.24) is 5.32 Å². The topological polar surface area (TPSA) is 32.3 Å². The summed E-state index contributed by atoms with van der Waals surface area (Å²) in [6, 6.07) is 8.48. The second kappa shape index (κ2) is 5.45. The van der Waals surface area contributed by atoms with Crippen LogP contribution < -0.4 is 10.2 Å². The lowest BCUT2D eigenvalue weighted by Crippen LogP contribution is -2.42. The molecule has 0 aliphatic carbocycles. The molecule has 0 saturated carbocycles. The van der Waals surface area contributed by atoms with E-state index in [9.17, 15) is 4.79 Å². The van der Waals surface area contributed by atoms with Crippen LogP contribution in [-0.4, -0.2) is 30.8 Å². The predicted octanol–water partition coefficient (Wildman–Crippen LogP) is 2.12. The number of carbonyl (C=O) groups excluding carboxylic acids is 1. The van der Waals surface area contributed by atoms with Gasteiger partial charge in [-0.1, -0.05) is 12.1 Å². The Labute approximate surface area is 107 Å². The van der Waals surface area contributed by atoms with E-state index in [2.05, 4.69) is 22.3 Å². The van der Waals surface area contributed by atoms with Crippen molar-refractivity contribution in [2.24, 2.45) is 0 Å². The molecule has 3 nitrogen and oxygen atoms in total. The molecular formula is C13H18N2OS. The van der Waals surface area contributed by atoms with Crippen molar-refractivity contribution in [3.63, 3.8) is 0 Å². The summed E-state index contributed by atoms with van der Waals surface area (Å²) in [6.45, 7) is 5.36. The molecule has 0 fully saturated rings. The first-order valence-corrected chi connectivity index (χ1v) is 6.91. The molecule has 92 valence electrons. The maximum atomic E-state index is 11.8. The third-order valence-electron chi connectivity index (χ3n) is 2.61. The second-order valence-electron chi connectivity index (χ2n) is 4.46. The van der Waals surface area contributed by atoms with Crippen LogP contribution in [0.15, 0.2) is 29.2 Å². The minimum Gasteiger partial charge on any atom is -0.360 e. The Morgan fingerprint density at radius 3 is 3.00 bits per heavy atom. The normalized spacial score (nSPS) is 14.6. The zero-order valence-electron chi connectivity index (χ0n) is 10.3. The highest BCUT2D eigenvalue weighted by Gasteiger charge is 2.19. The number of amides is 1. The van der Waals surface area contributed by atoms with E-state index < -0.39 is 0 Å². The number of benzene rings is 1. The van der Waals surface area contributed by atoms with E-state index in [0.29, 0.717) is 6.54 Å². The lowest BCUT2D eigenvalue weighted by Gasteiger charge is -2.30. The van der Waals surface area contributed by atoms with Crippen LogP contribution in [0.3, 0.4) is 0 Å². The maximum Gasteiger partial charge on any atom is 0.239 e. The fourth-order valence-corrected chi connectivity index (χ4v) is 2.98. The molecule has 2 rings (SSSR count). The zero-order chi connectivity index (χ0) is 12.3. The van der Waals surface area contributed by atoms with Crippen LogP contribution in [0, 0.1) is 0 Å². The molecule has 17 heavy (non-hydrogen) atoms. The summed E-state index contributed by atoms with van der Waals surface area (Å²) in [5.74, 6) is 1.15. The van der Waals surface area contributed by atoms with Gasteiger partial charge in [-0.15, -0.1) is 11.8 Å². The Bertz CT molecular complexity index is 406. The van der Waals surface area contributed by atoms with Crippen molar-refractivity contribution < 1.29 is 4.79 Å². The standard InChI is InChI=1S/C13H18N2OS/c1-10(2)14-13(16)9-15-7-8-17-12-6-4-3-5-11(12)15/h3-6,10H,7-9H2,1-2H3,(H,14,16). The minimum absolute atomic E-state index is 0.0988. The summed E-state index contributed by atoms with van der Waals surface area (Å²) in [4.78, 5) is 15.2. The highest BCUT2D eigenvalue weighted by atomic mass is 32.2. The van der Waals surface area contributed by atoms with E-state index in [1.165, 1.54) is 10.6 Å². The Balaban J connectivity index is 2.06. The number of thioether (sulfide) groups is 1. The summed E-state index contributed by atoms with van der Waals surface area (Å²) < 4.78 is 0. The van der Waals surface area contributed by atoms with Crippen molar-refractivity contribution in [2.75, 3.05) is 23.7 Å². The largest absolute Gasteiger partial charge is 0.360 e. The van der Waals surface area contributed by atoms with Crippen LogP contribution in [0.25, 0.3) is 0 Å². The third kappa shape index (κ3) is 3.16. The van der Waals surface area contributed by atoms with Crippen molar-refractivity contribution in [1.29, 1.82) is 0 Å². The molecule has 1 heterocycles. The van der Waals surface area contributed by atoms with Gasteiger partial charge >= 0.3 is 0 Å². The smallest absolute Gasteiger partial charge is 0.239 e. The SMILES string of the molecule is CC(C)NC(=O)CN1CCSc2ccccc21. The van der Waals surface area contributed by atoms with Gasteiger partial charge in [-0.25, -0.2) is 0 Å². The van der Waals surface area contributed by atoms with Gasteiger partial charge in [0.15, 0.2) is 0 Å². The Morgan fingerprint density at radius 1 is 1.47 bits per heavy atom. The van der Waals surface area contributed by atoms with E-state index in [-0.39, 0.29) is 11.9 Å². The van der Waals surface area contributed by atoms with Crippen molar-refractivity contribution >= 4 is 23.4 Å². The van der Waals surface area contributed by atoms with Gasteiger partial charge in [0.1, 0.15) is 0 Å². The molecule has 1 amide bonds. The number of nitrogens with zero attached hydrogens (tertiary/aromatic N) is 1. The molecule has 0 bridgehead atoms. The summed E-state index contributed by atoms with van der Waals surface area (Å²) in [6.07, 6.45) is 0. The van der Waals surface area contributed by atoms with Crippen molar-refractivity contribution in [3.05, 3.63) is 24.3 Å². The summed E-state index contributed by atoms with van der Waals surface area (Å²) >= 11 is 1.86. The van der Waals surface area contributed by atoms with Crippen LogP contribution in [0.4, 0.5) is 5.69 Å². The monoisotopic (exact) mass is 250 g/mol. The molecule has 0 radical (unpaired) electrons. The first-order chi connectivity index (χ1) is 8.16. The first kappa shape index (κ1) is 12.3. The van der Waals surface area contributed by atoms with Crippen molar-refractivity contribution in [3.8, 4) is 0 Å². The van der Waals surface area contributed by atoms with Gasteiger partial charge in [0.05, 0.1) is 12.2 Å². The minimum atomic E-state index is 0.0988. The maximum absolute atomic E-state index is 11.8. The van der Waals surface area contributed by atoms with Crippen LogP contribution >= 0.6 is 11.8 Å². The highest BCUT2D eigenvalue weighted by Crippen LogP contribution is 2.33. The summed E-state index contributed by atoms with van der Waals surface area (Å²) in [5, 5.41) is 2.93. The Kier molecular flexibility index (Phi) is 3.94. The van der Waals surface area contributed by atoms with Gasteiger partial charge in [0.2, 0.25) is 5.91 Å². The number of rotatable bonds is 3. The molecule has 0 atom stereocenters. The van der Waals surface area contributed by atoms with Crippen LogP contribution in [-0.2, 0) is 4.79 Å². The predicted molar refractivity (Wildman–Crippen MR) is 72.7 cm³/mol. The molecule has 0 unspecified atom stereocenters. The lowest BCUT2D eigenvalue weighted by molar-refractivity contribution is -0.120. The molecule has 1 aromatic carbocycles. The lowest BCUT2D eigenvalue weighted by atomic mass is 10.2. The fraction of sp³-hybridized carbons (Fsp3) is 0.462. The van der Waals surface area contributed by atoms with Gasteiger partial charge in [-0.3, -0.25) is 4.79 Å². The molecule has 0 aromatic heterocycles. The Hall–Kier alpha value is -1.16. The average molecular weight is 250 g/mol. The second-order valence-corrected chi connectivity index (χ2v) is 5.60. The fourth-order valence-electron chi connectivity index (χ4n) is 1.93. The van der Waals surface area contributed by atoms with Crippen LogP contribution in [0.2, 0.25) is 0 Å². The molecular weight excluding hydrogens is 232 g/mol. The first-order valence-electron chi connectivity index (χ1n) is 5.93. The highest BCUT2D eigenvalue weighted by molar-refractivity contribution is 7.99. The molecule has 1 aliphatic heterocycles. The molecule has 0 saturated heterocycles. The van der Waals surface area contributed by atoms with Gasteiger partial charge in [-0.05, 0) is 26.0 Å². The van der Waals surface area contributed by atoms with E-state index in [1.54, 1.807) is 0 Å². The van der Waals surface area contributed by atoms with E-state index in [0.717, 1.165) is 12.3 Å². The number of nitrogens with one attached hydrogen (secondary N) is 1. The number of para-hydroxylation sites is 1. The third-order valence-corrected chi connectivity index (χ3v) is 3.65. The van der Waals surface area contributed by atoms with Gasteiger partial charge in [0.25, 0.3) is 0 Å². The Morgan fingerprint density at radius 2 is 2.24 bits per heavy atom. The van der Waals surface area contributed by atoms with Gasteiger partial charge in [-0.2, -0.15) is 0 Å². The average Bonchev–Trinajstić information content (AvgIpc) is 2.28. The summed E-state index contributed by atoms with van der Waals surface area (Å²) in [7, 11) is 0. The molecule has 0 spiro atoms. The number of carbonyl (C=O) groups is 1. The van der Waals surface area contributed by atoms with E-state index >= 15 is 0 Å². The van der Waals surface area contributed by atoms with Gasteiger partial charge < -0.3 is 10.2 Å². The number of fused-ring (bicyclic) bond motifs is 1. The number of hydrogen-bond acceptors (Lipinski definition) is 3. The molecule has 1 aromatic rings. The number of hydrogen-bond donors (Lipinski definition) is 1. The van der Waals surface area contributed by atoms with E-state index in [1.807, 2.05) is 37.7 Å². The van der Waals surface area contributed by atoms with Gasteiger partial charge in [0, 0.05) is 23.2 Å². The van der Waals surface area contributed by atoms with Crippen LogP contribution in [0.1, 0.15) is 13.8 Å². The molecule has 1 aliphatic rings. The molecule has 4 heteroatoms. The molecule has 1 N–H and O–H groups in total. The van der Waals surface area contributed by atoms with Crippen molar-refractivity contribution in [2.45, 2.75) is 24.8 Å². The summed E-state index contributed by atoms with van der Waals surface area (Å²) in [5.41, 5.74) is 1.18. The van der Waals surface area contributed by atoms with E-state index in [4.69, 9.17) is 0 Å². The zero-order valence-corrected chi connectivity index (χ0v) is 11.1.